The van der Waals surface area contributed by atoms with Gasteiger partial charge in [0, 0.05) is 17.9 Å². The molecule has 0 fully saturated rings. The van der Waals surface area contributed by atoms with Crippen molar-refractivity contribution in [1.29, 1.82) is 0 Å². The van der Waals surface area contributed by atoms with Crippen LogP contribution in [0.25, 0.3) is 0 Å². The maximum Gasteiger partial charge on any atom is 0.276 e. The molecule has 1 aliphatic rings. The van der Waals surface area contributed by atoms with Gasteiger partial charge in [0.1, 0.15) is 5.82 Å². The van der Waals surface area contributed by atoms with Crippen LogP contribution in [0.1, 0.15) is 34.6 Å². The fraction of sp³-hybridized carbons (Fsp3) is 0.333. The van der Waals surface area contributed by atoms with E-state index in [1.165, 1.54) is 6.07 Å². The number of fused-ring (bicyclic) bond motifs is 1. The molecule has 0 bridgehead atoms. The maximum atomic E-state index is 13.2. The molecule has 5 heteroatoms. The zero-order valence-corrected chi connectivity index (χ0v) is 11.3. The highest BCUT2D eigenvalue weighted by molar-refractivity contribution is 6.02. The lowest BCUT2D eigenvalue weighted by Gasteiger charge is -2.11. The SMILES string of the molecule is Cc1cc(NC(=O)c2cc3n(n2)CCCC3)ccc1F. The van der Waals surface area contributed by atoms with Gasteiger partial charge in [-0.25, -0.2) is 4.39 Å². The molecule has 0 saturated heterocycles. The van der Waals surface area contributed by atoms with Crippen molar-refractivity contribution in [3.63, 3.8) is 0 Å². The van der Waals surface area contributed by atoms with Crippen LogP contribution in [0.3, 0.4) is 0 Å². The number of carbonyl (C=O) groups excluding carboxylic acids is 1. The Morgan fingerprint density at radius 2 is 2.20 bits per heavy atom. The highest BCUT2D eigenvalue weighted by Crippen LogP contribution is 2.17. The lowest BCUT2D eigenvalue weighted by atomic mass is 10.1. The third-order valence-corrected chi connectivity index (χ3v) is 3.56. The van der Waals surface area contributed by atoms with Crippen LogP contribution in [-0.2, 0) is 13.0 Å². The van der Waals surface area contributed by atoms with Crippen molar-refractivity contribution in [2.75, 3.05) is 5.32 Å². The number of rotatable bonds is 2. The lowest BCUT2D eigenvalue weighted by molar-refractivity contribution is 0.102. The molecule has 0 radical (unpaired) electrons. The smallest absolute Gasteiger partial charge is 0.276 e. The second-order valence-electron chi connectivity index (χ2n) is 5.12. The predicted octanol–water partition coefficient (Wildman–Crippen LogP) is 2.92. The molecule has 1 aromatic carbocycles. The van der Waals surface area contributed by atoms with Crippen molar-refractivity contribution in [3.05, 3.63) is 47.0 Å². The molecule has 0 aliphatic carbocycles. The number of benzene rings is 1. The molecule has 3 rings (SSSR count). The number of nitrogens with one attached hydrogen (secondary N) is 1. The van der Waals surface area contributed by atoms with Gasteiger partial charge in [0.25, 0.3) is 5.91 Å². The number of anilines is 1. The molecular weight excluding hydrogens is 257 g/mol. The predicted molar refractivity (Wildman–Crippen MR) is 74.3 cm³/mol. The number of halogens is 1. The summed E-state index contributed by atoms with van der Waals surface area (Å²) in [6, 6.07) is 6.35. The van der Waals surface area contributed by atoms with Gasteiger partial charge in [-0.1, -0.05) is 0 Å². The number of carbonyl (C=O) groups is 1. The van der Waals surface area contributed by atoms with Gasteiger partial charge in [0.15, 0.2) is 5.69 Å². The quantitative estimate of drug-likeness (QED) is 0.914. The minimum atomic E-state index is -0.277. The fourth-order valence-electron chi connectivity index (χ4n) is 2.45. The largest absolute Gasteiger partial charge is 0.321 e. The van der Waals surface area contributed by atoms with Crippen molar-refractivity contribution >= 4 is 11.6 Å². The number of hydrogen-bond donors (Lipinski definition) is 1. The zero-order valence-electron chi connectivity index (χ0n) is 11.3. The van der Waals surface area contributed by atoms with E-state index in [0.29, 0.717) is 16.9 Å². The Labute approximate surface area is 116 Å². The summed E-state index contributed by atoms with van der Waals surface area (Å²) in [5.41, 5.74) is 2.62. The van der Waals surface area contributed by atoms with Crippen LogP contribution in [0, 0.1) is 12.7 Å². The number of amides is 1. The first-order valence-corrected chi connectivity index (χ1v) is 6.78. The van der Waals surface area contributed by atoms with Crippen LogP contribution in [0.4, 0.5) is 10.1 Å². The molecule has 104 valence electrons. The van der Waals surface area contributed by atoms with Crippen LogP contribution in [-0.4, -0.2) is 15.7 Å². The minimum absolute atomic E-state index is 0.252. The first-order valence-electron chi connectivity index (χ1n) is 6.78. The Kier molecular flexibility index (Phi) is 3.26. The van der Waals surface area contributed by atoms with Crippen molar-refractivity contribution < 1.29 is 9.18 Å². The van der Waals surface area contributed by atoms with Gasteiger partial charge in [-0.15, -0.1) is 0 Å². The Morgan fingerprint density at radius 1 is 1.35 bits per heavy atom. The Hall–Kier alpha value is -2.17. The average Bonchev–Trinajstić information content (AvgIpc) is 2.87. The van der Waals surface area contributed by atoms with Crippen molar-refractivity contribution in [2.45, 2.75) is 32.7 Å². The molecule has 1 aromatic heterocycles. The molecule has 20 heavy (non-hydrogen) atoms. The monoisotopic (exact) mass is 273 g/mol. The van der Waals surface area contributed by atoms with E-state index in [4.69, 9.17) is 0 Å². The van der Waals surface area contributed by atoms with Gasteiger partial charge < -0.3 is 5.32 Å². The van der Waals surface area contributed by atoms with Gasteiger partial charge in [0.2, 0.25) is 0 Å². The third kappa shape index (κ3) is 2.43. The Bertz CT molecular complexity index is 640. The number of hydrogen-bond acceptors (Lipinski definition) is 2. The number of aromatic nitrogens is 2. The minimum Gasteiger partial charge on any atom is -0.321 e. The summed E-state index contributed by atoms with van der Waals surface area (Å²) in [5, 5.41) is 7.07. The van der Waals surface area contributed by atoms with Crippen LogP contribution in [0.2, 0.25) is 0 Å². The molecular formula is C15H16FN3O. The van der Waals surface area contributed by atoms with Gasteiger partial charge in [-0.05, 0) is 56.0 Å². The summed E-state index contributed by atoms with van der Waals surface area (Å²) >= 11 is 0. The summed E-state index contributed by atoms with van der Waals surface area (Å²) in [6.45, 7) is 2.54. The highest BCUT2D eigenvalue weighted by Gasteiger charge is 2.16. The van der Waals surface area contributed by atoms with E-state index in [2.05, 4.69) is 10.4 Å². The maximum absolute atomic E-state index is 13.2. The van der Waals surface area contributed by atoms with Gasteiger partial charge >= 0.3 is 0 Å². The van der Waals surface area contributed by atoms with Gasteiger partial charge in [-0.3, -0.25) is 9.48 Å². The van der Waals surface area contributed by atoms with Gasteiger partial charge in [-0.2, -0.15) is 5.10 Å². The Morgan fingerprint density at radius 3 is 2.95 bits per heavy atom. The highest BCUT2D eigenvalue weighted by atomic mass is 19.1. The zero-order chi connectivity index (χ0) is 14.1. The molecule has 1 N–H and O–H groups in total. The van der Waals surface area contributed by atoms with E-state index in [9.17, 15) is 9.18 Å². The topological polar surface area (TPSA) is 46.9 Å². The lowest BCUT2D eigenvalue weighted by Crippen LogP contribution is -2.14. The van der Waals surface area contributed by atoms with Crippen molar-refractivity contribution in [1.82, 2.24) is 9.78 Å². The number of nitrogens with zero attached hydrogens (tertiary/aromatic N) is 2. The fourth-order valence-corrected chi connectivity index (χ4v) is 2.45. The third-order valence-electron chi connectivity index (χ3n) is 3.56. The van der Waals surface area contributed by atoms with E-state index < -0.39 is 0 Å². The molecule has 0 saturated carbocycles. The average molecular weight is 273 g/mol. The summed E-state index contributed by atoms with van der Waals surface area (Å²) in [4.78, 5) is 12.1. The summed E-state index contributed by atoms with van der Waals surface area (Å²) in [5.74, 6) is -0.529. The van der Waals surface area contributed by atoms with Crippen molar-refractivity contribution in [2.24, 2.45) is 0 Å². The molecule has 0 atom stereocenters. The molecule has 0 unspecified atom stereocenters. The first-order chi connectivity index (χ1) is 9.63. The van der Waals surface area contributed by atoms with Crippen molar-refractivity contribution in [3.8, 4) is 0 Å². The molecule has 0 spiro atoms. The van der Waals surface area contributed by atoms with E-state index >= 15 is 0 Å². The number of aryl methyl sites for hydroxylation is 3. The van der Waals surface area contributed by atoms with Crippen LogP contribution < -0.4 is 5.32 Å². The van der Waals surface area contributed by atoms with Crippen LogP contribution in [0.5, 0.6) is 0 Å². The summed E-state index contributed by atoms with van der Waals surface area (Å²) in [6.07, 6.45) is 3.22. The molecule has 2 heterocycles. The molecule has 1 amide bonds. The normalized spacial score (nSPS) is 13.9. The summed E-state index contributed by atoms with van der Waals surface area (Å²) in [7, 11) is 0. The van der Waals surface area contributed by atoms with E-state index in [1.54, 1.807) is 19.1 Å². The second-order valence-corrected chi connectivity index (χ2v) is 5.12. The van der Waals surface area contributed by atoms with E-state index in [1.807, 2.05) is 10.7 Å². The molecule has 4 nitrogen and oxygen atoms in total. The Balaban J connectivity index is 1.78. The summed E-state index contributed by atoms with van der Waals surface area (Å²) < 4.78 is 15.1. The first kappa shape index (κ1) is 12.8. The second kappa shape index (κ2) is 5.07. The van der Waals surface area contributed by atoms with E-state index in [0.717, 1.165) is 31.5 Å². The van der Waals surface area contributed by atoms with Crippen LogP contribution in [0.15, 0.2) is 24.3 Å². The standard InChI is InChI=1S/C15H16FN3O/c1-10-8-11(5-6-13(10)16)17-15(20)14-9-12-4-2-3-7-19(12)18-14/h5-6,8-9H,2-4,7H2,1H3,(H,17,20). The molecule has 1 aliphatic heterocycles. The van der Waals surface area contributed by atoms with Gasteiger partial charge in [0.05, 0.1) is 0 Å². The van der Waals surface area contributed by atoms with E-state index in [-0.39, 0.29) is 11.7 Å². The van der Waals surface area contributed by atoms with Crippen LogP contribution >= 0.6 is 0 Å². The molecule has 2 aromatic rings.